The lowest BCUT2D eigenvalue weighted by molar-refractivity contribution is 0.243. The Morgan fingerprint density at radius 2 is 1.74 bits per heavy atom. The second-order valence-electron chi connectivity index (χ2n) is 7.79. The number of rotatable bonds is 4. The molecule has 0 bridgehead atoms. The van der Waals surface area contributed by atoms with Crippen molar-refractivity contribution in [3.8, 4) is 0 Å². The molecule has 3 aliphatic rings. The van der Waals surface area contributed by atoms with Gasteiger partial charge in [-0.25, -0.2) is 0 Å². The molecule has 2 aliphatic heterocycles. The minimum atomic E-state index is -3.36. The van der Waals surface area contributed by atoms with Gasteiger partial charge in [-0.1, -0.05) is 19.3 Å². The van der Waals surface area contributed by atoms with Crippen LogP contribution in [0.25, 0.3) is 0 Å². The van der Waals surface area contributed by atoms with Crippen molar-refractivity contribution >= 4 is 22.6 Å². The lowest BCUT2D eigenvalue weighted by atomic mass is 9.96. The van der Waals surface area contributed by atoms with Crippen molar-refractivity contribution in [3.05, 3.63) is 11.6 Å². The molecule has 0 spiro atoms. The first-order valence-corrected chi connectivity index (χ1v) is 11.3. The molecular weight excluding hydrogens is 388 g/mol. The topological polar surface area (TPSA) is 83.4 Å². The third-order valence-electron chi connectivity index (χ3n) is 6.25. The molecule has 2 fully saturated rings. The predicted octanol–water partition coefficient (Wildman–Crippen LogP) is 1.49. The molecule has 1 aromatic rings. The maximum atomic E-state index is 13.0. The Hall–Kier alpha value is -0.740. The van der Waals surface area contributed by atoms with E-state index in [1.54, 1.807) is 15.7 Å². The number of fused-ring (bicyclic) bond motifs is 1. The first-order chi connectivity index (χ1) is 12.6. The summed E-state index contributed by atoms with van der Waals surface area (Å²) in [6.45, 7) is 3.76. The van der Waals surface area contributed by atoms with E-state index >= 15 is 0 Å². The van der Waals surface area contributed by atoms with Gasteiger partial charge in [-0.05, 0) is 25.7 Å². The molecule has 1 aliphatic carbocycles. The van der Waals surface area contributed by atoms with Gasteiger partial charge in [-0.2, -0.15) is 17.0 Å². The zero-order valence-corrected chi connectivity index (χ0v) is 17.6. The van der Waals surface area contributed by atoms with Crippen molar-refractivity contribution < 1.29 is 8.42 Å². The van der Waals surface area contributed by atoms with Crippen LogP contribution >= 0.6 is 12.4 Å². The molecule has 0 radical (unpaired) electrons. The highest BCUT2D eigenvalue weighted by Crippen LogP contribution is 2.31. The highest BCUT2D eigenvalue weighted by Gasteiger charge is 2.36. The summed E-state index contributed by atoms with van der Waals surface area (Å²) in [5, 5.41) is 12.0. The van der Waals surface area contributed by atoms with Gasteiger partial charge >= 0.3 is 0 Å². The molecule has 0 aromatic carbocycles. The van der Waals surface area contributed by atoms with Crippen LogP contribution in [0.2, 0.25) is 0 Å². The fraction of sp³-hybridized carbons (Fsp3) is 0.882. The molecule has 27 heavy (non-hydrogen) atoms. The Labute approximate surface area is 168 Å². The molecule has 10 heteroatoms. The van der Waals surface area contributed by atoms with Crippen LogP contribution in [0, 0.1) is 0 Å². The molecule has 0 unspecified atom stereocenters. The van der Waals surface area contributed by atoms with Crippen molar-refractivity contribution in [2.45, 2.75) is 70.0 Å². The molecule has 1 saturated carbocycles. The van der Waals surface area contributed by atoms with Crippen molar-refractivity contribution in [3.63, 3.8) is 0 Å². The third-order valence-corrected chi connectivity index (χ3v) is 8.29. The maximum absolute atomic E-state index is 13.0. The van der Waals surface area contributed by atoms with Crippen LogP contribution in [0.4, 0.5) is 0 Å². The predicted molar refractivity (Wildman–Crippen MR) is 106 cm³/mol. The van der Waals surface area contributed by atoms with Crippen LogP contribution in [-0.2, 0) is 23.3 Å². The van der Waals surface area contributed by atoms with Gasteiger partial charge in [0.15, 0.2) is 0 Å². The average molecular weight is 419 g/mol. The number of piperidine rings is 1. The number of hydrogen-bond donors (Lipinski definition) is 1. The lowest BCUT2D eigenvalue weighted by Crippen LogP contribution is -2.49. The molecule has 1 saturated heterocycles. The van der Waals surface area contributed by atoms with Crippen molar-refractivity contribution in [1.29, 1.82) is 0 Å². The Balaban J connectivity index is 0.00000210. The number of nitrogens with one attached hydrogen (secondary N) is 1. The molecule has 3 heterocycles. The van der Waals surface area contributed by atoms with Crippen LogP contribution < -0.4 is 5.32 Å². The molecular formula is C17H31ClN6O2S. The van der Waals surface area contributed by atoms with E-state index in [0.29, 0.717) is 19.0 Å². The Bertz CT molecular complexity index is 726. The van der Waals surface area contributed by atoms with Gasteiger partial charge in [-0.15, -0.1) is 22.6 Å². The van der Waals surface area contributed by atoms with Crippen molar-refractivity contribution in [2.75, 3.05) is 26.7 Å². The van der Waals surface area contributed by atoms with E-state index in [2.05, 4.69) is 20.1 Å². The molecule has 1 aromatic heterocycles. The van der Waals surface area contributed by atoms with E-state index in [-0.39, 0.29) is 18.4 Å². The monoisotopic (exact) mass is 418 g/mol. The number of hydrogen-bond acceptors (Lipinski definition) is 5. The normalized spacial score (nSPS) is 23.2. The quantitative estimate of drug-likeness (QED) is 0.800. The fourth-order valence-electron chi connectivity index (χ4n) is 4.58. The summed E-state index contributed by atoms with van der Waals surface area (Å²) in [5.74, 6) is 2.35. The third kappa shape index (κ3) is 4.17. The summed E-state index contributed by atoms with van der Waals surface area (Å²) in [6.07, 6.45) is 7.14. The molecule has 1 N–H and O–H groups in total. The van der Waals surface area contributed by atoms with Gasteiger partial charge in [0.25, 0.3) is 10.2 Å². The van der Waals surface area contributed by atoms with Crippen LogP contribution in [0.3, 0.4) is 0 Å². The largest absolute Gasteiger partial charge is 0.312 e. The van der Waals surface area contributed by atoms with Crippen molar-refractivity contribution in [2.24, 2.45) is 0 Å². The van der Waals surface area contributed by atoms with Crippen molar-refractivity contribution in [1.82, 2.24) is 28.7 Å². The van der Waals surface area contributed by atoms with Gasteiger partial charge in [0.1, 0.15) is 11.6 Å². The highest BCUT2D eigenvalue weighted by atomic mass is 35.5. The smallest absolute Gasteiger partial charge is 0.281 e. The van der Waals surface area contributed by atoms with Crippen LogP contribution in [0.5, 0.6) is 0 Å². The van der Waals surface area contributed by atoms with Gasteiger partial charge in [-0.3, -0.25) is 0 Å². The number of halogens is 1. The maximum Gasteiger partial charge on any atom is 0.281 e. The first-order valence-electron chi connectivity index (χ1n) is 9.93. The summed E-state index contributed by atoms with van der Waals surface area (Å²) in [4.78, 5) is 0. The summed E-state index contributed by atoms with van der Waals surface area (Å²) in [5.41, 5.74) is 0. The number of aromatic nitrogens is 3. The van der Waals surface area contributed by atoms with Gasteiger partial charge in [0.05, 0.1) is 6.54 Å². The van der Waals surface area contributed by atoms with Gasteiger partial charge < -0.3 is 9.88 Å². The number of nitrogens with zero attached hydrogens (tertiary/aromatic N) is 5. The summed E-state index contributed by atoms with van der Waals surface area (Å²) in [6, 6.07) is 0.169. The van der Waals surface area contributed by atoms with Gasteiger partial charge in [0.2, 0.25) is 0 Å². The zero-order chi connectivity index (χ0) is 18.1. The van der Waals surface area contributed by atoms with E-state index in [1.807, 2.05) is 0 Å². The van der Waals surface area contributed by atoms with E-state index in [1.165, 1.54) is 6.42 Å². The standard InChI is InChI=1S/C17H30N6O2S.ClH/c1-21(15-5-3-2-4-6-15)26(24,25)22-10-7-14(8-11-22)17-20-19-16-13-18-9-12-23(16)17;/h14-15,18H,2-13H2,1H3;1H. The SMILES string of the molecule is CN(C1CCCCC1)S(=O)(=O)N1CCC(c2nnc3n2CCNC3)CC1.Cl. The minimum Gasteiger partial charge on any atom is -0.312 e. The van der Waals surface area contributed by atoms with E-state index in [4.69, 9.17) is 0 Å². The summed E-state index contributed by atoms with van der Waals surface area (Å²) >= 11 is 0. The molecule has 8 nitrogen and oxygen atoms in total. The second kappa shape index (κ2) is 8.73. The Morgan fingerprint density at radius 3 is 2.44 bits per heavy atom. The lowest BCUT2D eigenvalue weighted by Gasteiger charge is -2.37. The molecule has 0 atom stereocenters. The molecule has 154 valence electrons. The average Bonchev–Trinajstić information content (AvgIpc) is 3.12. The molecule has 4 rings (SSSR count). The fourth-order valence-corrected chi connectivity index (χ4v) is 6.20. The van der Waals surface area contributed by atoms with Gasteiger partial charge in [0, 0.05) is 45.2 Å². The van der Waals surface area contributed by atoms with E-state index in [0.717, 1.165) is 69.8 Å². The first kappa shape index (κ1) is 21.0. The molecule has 0 amide bonds. The second-order valence-corrected chi connectivity index (χ2v) is 9.78. The zero-order valence-electron chi connectivity index (χ0n) is 16.0. The summed E-state index contributed by atoms with van der Waals surface area (Å²) in [7, 11) is -1.59. The Kier molecular flexibility index (Phi) is 6.79. The van der Waals surface area contributed by atoms with E-state index < -0.39 is 10.2 Å². The van der Waals surface area contributed by atoms with Crippen LogP contribution in [-0.4, -0.2) is 64.5 Å². The Morgan fingerprint density at radius 1 is 1.04 bits per heavy atom. The minimum absolute atomic E-state index is 0. The highest BCUT2D eigenvalue weighted by molar-refractivity contribution is 7.86. The van der Waals surface area contributed by atoms with Crippen LogP contribution in [0.1, 0.15) is 62.5 Å². The van der Waals surface area contributed by atoms with Crippen LogP contribution in [0.15, 0.2) is 0 Å². The summed E-state index contributed by atoms with van der Waals surface area (Å²) < 4.78 is 31.6. The van der Waals surface area contributed by atoms with E-state index in [9.17, 15) is 8.42 Å².